The zero-order valence-electron chi connectivity index (χ0n) is 16.8. The zero-order chi connectivity index (χ0) is 21.1. The number of nitrogens with zero attached hydrogens (tertiary/aromatic N) is 3. The topological polar surface area (TPSA) is 97.6 Å². The van der Waals surface area contributed by atoms with Crippen LogP contribution < -0.4 is 15.0 Å². The average molecular weight is 406 g/mol. The molecule has 0 aliphatic carbocycles. The van der Waals surface area contributed by atoms with E-state index in [1.807, 2.05) is 31.2 Å². The lowest BCUT2D eigenvalue weighted by molar-refractivity contribution is -0.122. The summed E-state index contributed by atoms with van der Waals surface area (Å²) in [5.41, 5.74) is 2.18. The Morgan fingerprint density at radius 2 is 1.90 bits per heavy atom. The third kappa shape index (κ3) is 4.03. The molecule has 1 saturated heterocycles. The van der Waals surface area contributed by atoms with Crippen LogP contribution in [0.2, 0.25) is 0 Å². The summed E-state index contributed by atoms with van der Waals surface area (Å²) in [5, 5.41) is 10.9. The lowest BCUT2D eigenvalue weighted by Crippen LogP contribution is -2.28. The van der Waals surface area contributed by atoms with E-state index in [4.69, 9.17) is 9.15 Å². The molecule has 1 aliphatic heterocycles. The summed E-state index contributed by atoms with van der Waals surface area (Å²) in [7, 11) is 1.59. The number of carbonyl (C=O) groups excluding carboxylic acids is 2. The second kappa shape index (κ2) is 8.36. The minimum Gasteiger partial charge on any atom is -0.497 e. The van der Waals surface area contributed by atoms with E-state index >= 15 is 0 Å². The van der Waals surface area contributed by atoms with Gasteiger partial charge in [-0.1, -0.05) is 6.92 Å². The molecule has 154 valence electrons. The highest BCUT2D eigenvalue weighted by molar-refractivity contribution is 6.03. The highest BCUT2D eigenvalue weighted by Crippen LogP contribution is 2.28. The summed E-state index contributed by atoms with van der Waals surface area (Å²) in [6.07, 6.45) is 0.854. The van der Waals surface area contributed by atoms with Crippen molar-refractivity contribution in [1.29, 1.82) is 0 Å². The SMILES string of the molecule is CCc1nnc(-c2ccc(NC(=O)[C@@H]3CC(=O)N(c4ccc(OC)cc4)C3)cc2)o1. The van der Waals surface area contributed by atoms with Gasteiger partial charge in [-0.15, -0.1) is 10.2 Å². The van der Waals surface area contributed by atoms with Crippen LogP contribution in [0.3, 0.4) is 0 Å². The maximum absolute atomic E-state index is 12.7. The standard InChI is InChI=1S/C22H22N4O4/c1-3-19-24-25-22(30-19)14-4-6-16(7-5-14)23-21(28)15-12-20(27)26(13-15)17-8-10-18(29-2)11-9-17/h4-11,15H,3,12-13H2,1-2H3,(H,23,28)/t15-/m1/s1. The van der Waals surface area contributed by atoms with E-state index in [-0.39, 0.29) is 18.2 Å². The molecule has 0 spiro atoms. The van der Waals surface area contributed by atoms with Gasteiger partial charge < -0.3 is 19.4 Å². The van der Waals surface area contributed by atoms with Gasteiger partial charge in [0.15, 0.2) is 0 Å². The number of aromatic nitrogens is 2. The van der Waals surface area contributed by atoms with Crippen LogP contribution in [-0.2, 0) is 16.0 Å². The van der Waals surface area contributed by atoms with Crippen molar-refractivity contribution in [3.8, 4) is 17.2 Å². The number of carbonyl (C=O) groups is 2. The minimum atomic E-state index is -0.415. The summed E-state index contributed by atoms with van der Waals surface area (Å²) in [4.78, 5) is 26.7. The second-order valence-corrected chi connectivity index (χ2v) is 7.02. The summed E-state index contributed by atoms with van der Waals surface area (Å²) in [6.45, 7) is 2.29. The molecule has 0 saturated carbocycles. The van der Waals surface area contributed by atoms with Crippen LogP contribution in [0.1, 0.15) is 19.2 Å². The van der Waals surface area contributed by atoms with E-state index in [0.717, 1.165) is 17.0 Å². The van der Waals surface area contributed by atoms with Crippen molar-refractivity contribution in [1.82, 2.24) is 10.2 Å². The predicted octanol–water partition coefficient (Wildman–Crippen LogP) is 3.30. The van der Waals surface area contributed by atoms with Gasteiger partial charge in [-0.3, -0.25) is 9.59 Å². The number of methoxy groups -OCH3 is 1. The van der Waals surface area contributed by atoms with Gasteiger partial charge in [0.2, 0.25) is 23.6 Å². The molecule has 3 aromatic rings. The van der Waals surface area contributed by atoms with Crippen molar-refractivity contribution in [2.24, 2.45) is 5.92 Å². The molecule has 2 aromatic carbocycles. The van der Waals surface area contributed by atoms with E-state index in [1.165, 1.54) is 0 Å². The average Bonchev–Trinajstić information content (AvgIpc) is 3.41. The van der Waals surface area contributed by atoms with Crippen LogP contribution >= 0.6 is 0 Å². The Labute approximate surface area is 173 Å². The molecular weight excluding hydrogens is 384 g/mol. The number of rotatable bonds is 6. The van der Waals surface area contributed by atoms with Crippen molar-refractivity contribution >= 4 is 23.2 Å². The molecule has 2 amide bonds. The molecule has 8 heteroatoms. The molecule has 0 bridgehead atoms. The lowest BCUT2D eigenvalue weighted by Gasteiger charge is -2.17. The van der Waals surface area contributed by atoms with E-state index < -0.39 is 5.92 Å². The maximum atomic E-state index is 12.7. The number of aryl methyl sites for hydroxylation is 1. The van der Waals surface area contributed by atoms with Gasteiger partial charge in [-0.05, 0) is 48.5 Å². The fourth-order valence-corrected chi connectivity index (χ4v) is 3.35. The van der Waals surface area contributed by atoms with Crippen molar-refractivity contribution in [3.05, 3.63) is 54.4 Å². The molecule has 30 heavy (non-hydrogen) atoms. The summed E-state index contributed by atoms with van der Waals surface area (Å²) >= 11 is 0. The molecule has 2 heterocycles. The van der Waals surface area contributed by atoms with Crippen LogP contribution in [0.25, 0.3) is 11.5 Å². The number of hydrogen-bond acceptors (Lipinski definition) is 6. The Bertz CT molecular complexity index is 1040. The third-order valence-electron chi connectivity index (χ3n) is 5.05. The molecule has 4 rings (SSSR count). The Kier molecular flexibility index (Phi) is 5.47. The fourth-order valence-electron chi connectivity index (χ4n) is 3.35. The van der Waals surface area contributed by atoms with Crippen LogP contribution in [0.5, 0.6) is 5.75 Å². The van der Waals surface area contributed by atoms with Crippen LogP contribution in [0, 0.1) is 5.92 Å². The molecule has 8 nitrogen and oxygen atoms in total. The number of ether oxygens (including phenoxy) is 1. The van der Waals surface area contributed by atoms with Crippen molar-refractivity contribution < 1.29 is 18.7 Å². The first kappa shape index (κ1) is 19.6. The van der Waals surface area contributed by atoms with Gasteiger partial charge in [-0.2, -0.15) is 0 Å². The van der Waals surface area contributed by atoms with Gasteiger partial charge in [0.05, 0.1) is 13.0 Å². The van der Waals surface area contributed by atoms with E-state index in [9.17, 15) is 9.59 Å². The predicted molar refractivity (Wildman–Crippen MR) is 111 cm³/mol. The Morgan fingerprint density at radius 3 is 2.53 bits per heavy atom. The lowest BCUT2D eigenvalue weighted by atomic mass is 10.1. The molecule has 0 unspecified atom stereocenters. The molecule has 1 aromatic heterocycles. The van der Waals surface area contributed by atoms with Gasteiger partial charge in [0.1, 0.15) is 5.75 Å². The molecular formula is C22H22N4O4. The van der Waals surface area contributed by atoms with Crippen molar-refractivity contribution in [2.45, 2.75) is 19.8 Å². The summed E-state index contributed by atoms with van der Waals surface area (Å²) in [6, 6.07) is 14.4. The van der Waals surface area contributed by atoms with Crippen molar-refractivity contribution in [2.75, 3.05) is 23.9 Å². The van der Waals surface area contributed by atoms with E-state index in [2.05, 4.69) is 15.5 Å². The zero-order valence-corrected chi connectivity index (χ0v) is 16.8. The smallest absolute Gasteiger partial charge is 0.247 e. The first-order chi connectivity index (χ1) is 14.6. The van der Waals surface area contributed by atoms with Crippen LogP contribution in [-0.4, -0.2) is 35.7 Å². The molecule has 1 fully saturated rings. The summed E-state index contributed by atoms with van der Waals surface area (Å²) < 4.78 is 10.7. The van der Waals surface area contributed by atoms with Crippen LogP contribution in [0.15, 0.2) is 52.9 Å². The third-order valence-corrected chi connectivity index (χ3v) is 5.05. The van der Waals surface area contributed by atoms with Crippen molar-refractivity contribution in [3.63, 3.8) is 0 Å². The van der Waals surface area contributed by atoms with Crippen LogP contribution in [0.4, 0.5) is 11.4 Å². The Balaban J connectivity index is 1.39. The fraction of sp³-hybridized carbons (Fsp3) is 0.273. The number of benzene rings is 2. The highest BCUT2D eigenvalue weighted by Gasteiger charge is 2.35. The van der Waals surface area contributed by atoms with Gasteiger partial charge in [0.25, 0.3) is 0 Å². The van der Waals surface area contributed by atoms with E-state index in [1.54, 1.807) is 36.3 Å². The first-order valence-corrected chi connectivity index (χ1v) is 9.75. The first-order valence-electron chi connectivity index (χ1n) is 9.75. The minimum absolute atomic E-state index is 0.0706. The van der Waals surface area contributed by atoms with E-state index in [0.29, 0.717) is 30.4 Å². The normalized spacial score (nSPS) is 16.0. The summed E-state index contributed by atoms with van der Waals surface area (Å²) in [5.74, 6) is 1.07. The Morgan fingerprint density at radius 1 is 1.17 bits per heavy atom. The second-order valence-electron chi connectivity index (χ2n) is 7.02. The Hall–Kier alpha value is -3.68. The highest BCUT2D eigenvalue weighted by atomic mass is 16.5. The molecule has 0 radical (unpaired) electrons. The number of nitrogens with one attached hydrogen (secondary N) is 1. The van der Waals surface area contributed by atoms with Gasteiger partial charge >= 0.3 is 0 Å². The number of amides is 2. The largest absolute Gasteiger partial charge is 0.497 e. The van der Waals surface area contributed by atoms with Gasteiger partial charge in [-0.25, -0.2) is 0 Å². The molecule has 1 atom stereocenters. The maximum Gasteiger partial charge on any atom is 0.247 e. The molecule has 1 N–H and O–H groups in total. The molecule has 1 aliphatic rings. The quantitative estimate of drug-likeness (QED) is 0.675. The van der Waals surface area contributed by atoms with Gasteiger partial charge in [0, 0.05) is 36.3 Å². The number of anilines is 2. The number of hydrogen-bond donors (Lipinski definition) is 1. The monoisotopic (exact) mass is 406 g/mol.